The molecule has 0 radical (unpaired) electrons. The van der Waals surface area contributed by atoms with E-state index >= 15 is 0 Å². The summed E-state index contributed by atoms with van der Waals surface area (Å²) in [5.74, 6) is 0.289. The summed E-state index contributed by atoms with van der Waals surface area (Å²) < 4.78 is 10.5. The quantitative estimate of drug-likeness (QED) is 0.417. The van der Waals surface area contributed by atoms with Crippen molar-refractivity contribution in [2.45, 2.75) is 6.92 Å². The van der Waals surface area contributed by atoms with Gasteiger partial charge >= 0.3 is 5.97 Å². The summed E-state index contributed by atoms with van der Waals surface area (Å²) in [6.07, 6.45) is 0. The van der Waals surface area contributed by atoms with E-state index in [1.165, 1.54) is 11.3 Å². The smallest absolute Gasteiger partial charge is 0.341 e. The van der Waals surface area contributed by atoms with Crippen molar-refractivity contribution in [3.8, 4) is 16.2 Å². The number of nitrogens with one attached hydrogen (secondary N) is 2. The predicted molar refractivity (Wildman–Crippen MR) is 119 cm³/mol. The molecule has 0 atom stereocenters. The molecule has 0 aliphatic carbocycles. The van der Waals surface area contributed by atoms with Gasteiger partial charge < -0.3 is 20.1 Å². The minimum absolute atomic E-state index is 0.304. The Kier molecular flexibility index (Phi) is 6.62. The summed E-state index contributed by atoms with van der Waals surface area (Å²) in [4.78, 5) is 13.4. The first kappa shape index (κ1) is 19.9. The average Bonchev–Trinajstić information content (AvgIpc) is 3.13. The number of rotatable bonds is 6. The first-order valence-electron chi connectivity index (χ1n) is 8.69. The number of para-hydroxylation sites is 2. The van der Waals surface area contributed by atoms with E-state index in [1.54, 1.807) is 14.0 Å². The molecule has 0 unspecified atom stereocenters. The largest absolute Gasteiger partial charge is 0.495 e. The van der Waals surface area contributed by atoms with Crippen molar-refractivity contribution in [3.63, 3.8) is 0 Å². The van der Waals surface area contributed by atoms with E-state index in [0.29, 0.717) is 28.0 Å². The van der Waals surface area contributed by atoms with Crippen LogP contribution < -0.4 is 15.4 Å². The Balaban J connectivity index is 1.86. The molecule has 2 N–H and O–H groups in total. The van der Waals surface area contributed by atoms with Gasteiger partial charge in [0.2, 0.25) is 0 Å². The van der Waals surface area contributed by atoms with Gasteiger partial charge in [-0.3, -0.25) is 0 Å². The first-order chi connectivity index (χ1) is 13.6. The number of ether oxygens (including phenoxy) is 2. The lowest BCUT2D eigenvalue weighted by Crippen LogP contribution is -2.20. The molecule has 3 rings (SSSR count). The summed E-state index contributed by atoms with van der Waals surface area (Å²) in [6, 6.07) is 19.2. The van der Waals surface area contributed by atoms with E-state index in [2.05, 4.69) is 10.6 Å². The molecular formula is C21H20N2O3S2. The van der Waals surface area contributed by atoms with Crippen LogP contribution in [0.1, 0.15) is 17.3 Å². The Hall–Kier alpha value is -2.90. The molecule has 5 nitrogen and oxygen atoms in total. The van der Waals surface area contributed by atoms with E-state index in [0.717, 1.165) is 16.1 Å². The fourth-order valence-corrected chi connectivity index (χ4v) is 3.93. The lowest BCUT2D eigenvalue weighted by atomic mass is 10.1. The van der Waals surface area contributed by atoms with E-state index in [-0.39, 0.29) is 5.97 Å². The molecule has 144 valence electrons. The third kappa shape index (κ3) is 4.68. The van der Waals surface area contributed by atoms with Crippen molar-refractivity contribution < 1.29 is 14.3 Å². The second-order valence-electron chi connectivity index (χ2n) is 5.72. The fourth-order valence-electron chi connectivity index (χ4n) is 2.59. The summed E-state index contributed by atoms with van der Waals surface area (Å²) in [5, 5.41) is 7.22. The molecule has 0 fully saturated rings. The average molecular weight is 413 g/mol. The van der Waals surface area contributed by atoms with Gasteiger partial charge in [0.1, 0.15) is 10.8 Å². The number of carbonyl (C=O) groups is 1. The standard InChI is InChI=1S/C21H20N2O3S2/c1-3-26-20(24)15-13-18(14-9-5-4-6-10-14)28-19(15)23-21(27)22-16-11-7-8-12-17(16)25-2/h4-13H,3H2,1-2H3,(H2,22,23,27). The van der Waals surface area contributed by atoms with Gasteiger partial charge in [-0.05, 0) is 42.9 Å². The fraction of sp³-hybridized carbons (Fsp3) is 0.143. The predicted octanol–water partition coefficient (Wildman–Crippen LogP) is 5.41. The van der Waals surface area contributed by atoms with Crippen LogP contribution in [0.5, 0.6) is 5.75 Å². The van der Waals surface area contributed by atoms with Gasteiger partial charge in [0.05, 0.1) is 25.0 Å². The van der Waals surface area contributed by atoms with Crippen LogP contribution in [0.15, 0.2) is 60.7 Å². The van der Waals surface area contributed by atoms with Crippen LogP contribution in [-0.2, 0) is 4.74 Å². The highest BCUT2D eigenvalue weighted by Crippen LogP contribution is 2.36. The zero-order valence-corrected chi connectivity index (χ0v) is 17.2. The number of methoxy groups -OCH3 is 1. The maximum absolute atomic E-state index is 12.4. The van der Waals surface area contributed by atoms with Gasteiger partial charge in [-0.15, -0.1) is 11.3 Å². The van der Waals surface area contributed by atoms with Crippen molar-refractivity contribution in [2.75, 3.05) is 24.4 Å². The maximum atomic E-state index is 12.4. The van der Waals surface area contributed by atoms with Crippen LogP contribution in [0.2, 0.25) is 0 Å². The third-order valence-electron chi connectivity index (χ3n) is 3.87. The van der Waals surface area contributed by atoms with Crippen molar-refractivity contribution in [2.24, 2.45) is 0 Å². The molecule has 2 aromatic carbocycles. The van der Waals surface area contributed by atoms with Crippen molar-refractivity contribution in [1.82, 2.24) is 0 Å². The number of thiophene rings is 1. The van der Waals surface area contributed by atoms with Crippen LogP contribution in [0.25, 0.3) is 10.4 Å². The minimum atomic E-state index is -0.386. The number of benzene rings is 2. The number of anilines is 2. The Labute approximate surface area is 173 Å². The van der Waals surface area contributed by atoms with Crippen molar-refractivity contribution >= 4 is 45.3 Å². The maximum Gasteiger partial charge on any atom is 0.341 e. The molecule has 1 heterocycles. The normalized spacial score (nSPS) is 10.2. The molecule has 7 heteroatoms. The molecule has 0 spiro atoms. The lowest BCUT2D eigenvalue weighted by Gasteiger charge is -2.13. The van der Waals surface area contributed by atoms with Crippen LogP contribution >= 0.6 is 23.6 Å². The second kappa shape index (κ2) is 9.34. The molecular weight excluding hydrogens is 392 g/mol. The SMILES string of the molecule is CCOC(=O)c1cc(-c2ccccc2)sc1NC(=S)Nc1ccccc1OC. The summed E-state index contributed by atoms with van der Waals surface area (Å²) >= 11 is 6.88. The Morgan fingerprint density at radius 1 is 1.07 bits per heavy atom. The van der Waals surface area contributed by atoms with Gasteiger partial charge in [0, 0.05) is 4.88 Å². The molecule has 0 saturated carbocycles. The van der Waals surface area contributed by atoms with Gasteiger partial charge in [0.15, 0.2) is 5.11 Å². The van der Waals surface area contributed by atoms with Crippen molar-refractivity contribution in [3.05, 3.63) is 66.2 Å². The number of thiocarbonyl (C=S) groups is 1. The van der Waals surface area contributed by atoms with E-state index < -0.39 is 0 Å². The lowest BCUT2D eigenvalue weighted by molar-refractivity contribution is 0.0528. The highest BCUT2D eigenvalue weighted by atomic mass is 32.1. The topological polar surface area (TPSA) is 59.6 Å². The van der Waals surface area contributed by atoms with Crippen LogP contribution in [0.3, 0.4) is 0 Å². The first-order valence-corrected chi connectivity index (χ1v) is 9.92. The Morgan fingerprint density at radius 3 is 2.50 bits per heavy atom. The van der Waals surface area contributed by atoms with E-state index in [4.69, 9.17) is 21.7 Å². The minimum Gasteiger partial charge on any atom is -0.495 e. The molecule has 0 amide bonds. The molecule has 28 heavy (non-hydrogen) atoms. The molecule has 0 aliphatic heterocycles. The Bertz CT molecular complexity index is 971. The van der Waals surface area contributed by atoms with E-state index in [1.807, 2.05) is 60.7 Å². The highest BCUT2D eigenvalue weighted by molar-refractivity contribution is 7.80. The molecule has 3 aromatic rings. The molecule has 0 saturated heterocycles. The second-order valence-corrected chi connectivity index (χ2v) is 7.18. The molecule has 0 bridgehead atoms. The van der Waals surface area contributed by atoms with Gasteiger partial charge in [-0.1, -0.05) is 42.5 Å². The number of hydrogen-bond donors (Lipinski definition) is 2. The molecule has 0 aliphatic rings. The number of carbonyl (C=O) groups excluding carboxylic acids is 1. The van der Waals surface area contributed by atoms with Gasteiger partial charge in [-0.25, -0.2) is 4.79 Å². The number of hydrogen-bond acceptors (Lipinski definition) is 5. The highest BCUT2D eigenvalue weighted by Gasteiger charge is 2.19. The van der Waals surface area contributed by atoms with Crippen LogP contribution in [0.4, 0.5) is 10.7 Å². The Morgan fingerprint density at radius 2 is 1.79 bits per heavy atom. The monoisotopic (exact) mass is 412 g/mol. The summed E-state index contributed by atoms with van der Waals surface area (Å²) in [6.45, 7) is 2.09. The zero-order chi connectivity index (χ0) is 19.9. The summed E-state index contributed by atoms with van der Waals surface area (Å²) in [5.41, 5.74) is 2.21. The van der Waals surface area contributed by atoms with Crippen LogP contribution in [0, 0.1) is 0 Å². The summed E-state index contributed by atoms with van der Waals surface area (Å²) in [7, 11) is 1.60. The van der Waals surface area contributed by atoms with Gasteiger partial charge in [-0.2, -0.15) is 0 Å². The third-order valence-corrected chi connectivity index (χ3v) is 5.17. The van der Waals surface area contributed by atoms with Crippen molar-refractivity contribution in [1.29, 1.82) is 0 Å². The van der Waals surface area contributed by atoms with Gasteiger partial charge in [0.25, 0.3) is 0 Å². The molecule has 1 aromatic heterocycles. The zero-order valence-electron chi connectivity index (χ0n) is 15.5. The van der Waals surface area contributed by atoms with Crippen LogP contribution in [-0.4, -0.2) is 24.8 Å². The van der Waals surface area contributed by atoms with E-state index in [9.17, 15) is 4.79 Å². The number of esters is 1.